The Labute approximate surface area is 129 Å². The highest BCUT2D eigenvalue weighted by Crippen LogP contribution is 2.33. The minimum Gasteiger partial charge on any atom is -0.381 e. The number of hydroxylamine groups is 2. The van der Waals surface area contributed by atoms with E-state index in [1.54, 1.807) is 7.11 Å². The Kier molecular flexibility index (Phi) is 4.32. The van der Waals surface area contributed by atoms with Gasteiger partial charge in [-0.2, -0.15) is 5.06 Å². The summed E-state index contributed by atoms with van der Waals surface area (Å²) in [4.78, 5) is 18.3. The van der Waals surface area contributed by atoms with E-state index in [0.29, 0.717) is 18.8 Å². The lowest BCUT2D eigenvalue weighted by molar-refractivity contribution is -0.0875. The van der Waals surface area contributed by atoms with Crippen molar-refractivity contribution in [1.82, 2.24) is 5.06 Å². The van der Waals surface area contributed by atoms with Crippen molar-refractivity contribution in [1.29, 1.82) is 0 Å². The van der Waals surface area contributed by atoms with Gasteiger partial charge in [0.25, 0.3) is 5.91 Å². The molecule has 0 unspecified atom stereocenters. The topological polar surface area (TPSA) is 38.8 Å². The maximum Gasteiger partial charge on any atom is 0.282 e. The molecule has 0 radical (unpaired) electrons. The number of fused-ring (bicyclic) bond motifs is 1. The number of nitrogens with zero attached hydrogens (tertiary/aromatic N) is 1. The minimum absolute atomic E-state index is 0.145. The Bertz CT molecular complexity index is 694. The molecule has 1 aliphatic rings. The number of amides is 1. The number of rotatable bonds is 5. The van der Waals surface area contributed by atoms with E-state index in [2.05, 4.69) is 0 Å². The summed E-state index contributed by atoms with van der Waals surface area (Å²) in [6, 6.07) is 17.3. The van der Waals surface area contributed by atoms with Gasteiger partial charge in [-0.05, 0) is 17.7 Å². The molecule has 1 aliphatic heterocycles. The zero-order chi connectivity index (χ0) is 15.4. The second-order valence-electron chi connectivity index (χ2n) is 4.95. The first-order chi connectivity index (χ1) is 10.8. The summed E-state index contributed by atoms with van der Waals surface area (Å²) >= 11 is 0. The molecule has 22 heavy (non-hydrogen) atoms. The van der Waals surface area contributed by atoms with Gasteiger partial charge in [-0.25, -0.2) is 0 Å². The van der Waals surface area contributed by atoms with Crippen molar-refractivity contribution in [3.8, 4) is 0 Å². The van der Waals surface area contributed by atoms with Gasteiger partial charge in [0.05, 0.1) is 17.9 Å². The number of benzene rings is 2. The molecule has 0 aromatic heterocycles. The van der Waals surface area contributed by atoms with E-state index in [-0.39, 0.29) is 5.91 Å². The average Bonchev–Trinajstić information content (AvgIpc) is 2.84. The molecule has 2 aromatic rings. The second-order valence-corrected chi connectivity index (χ2v) is 4.95. The summed E-state index contributed by atoms with van der Waals surface area (Å²) in [5.41, 5.74) is 3.27. The molecule has 0 saturated carbocycles. The van der Waals surface area contributed by atoms with Gasteiger partial charge in [-0.1, -0.05) is 48.5 Å². The minimum atomic E-state index is -0.145. The summed E-state index contributed by atoms with van der Waals surface area (Å²) < 4.78 is 5.10. The van der Waals surface area contributed by atoms with Gasteiger partial charge in [-0.15, -0.1) is 0 Å². The van der Waals surface area contributed by atoms with E-state index in [0.717, 1.165) is 16.8 Å². The SMILES string of the molecule is COC/C=C1\c2ccccc2C(=O)N1OCc1ccccc1. The quantitative estimate of drug-likeness (QED) is 0.850. The standard InChI is InChI=1S/C18H17NO3/c1-21-12-11-17-15-9-5-6-10-16(15)18(20)19(17)22-13-14-7-3-2-4-8-14/h2-11H,12-13H2,1H3/b17-11+. The maximum absolute atomic E-state index is 12.5. The van der Waals surface area contributed by atoms with Crippen LogP contribution in [0.2, 0.25) is 0 Å². The van der Waals surface area contributed by atoms with Crippen LogP contribution >= 0.6 is 0 Å². The van der Waals surface area contributed by atoms with E-state index in [1.165, 1.54) is 5.06 Å². The van der Waals surface area contributed by atoms with Crippen LogP contribution in [0.25, 0.3) is 5.70 Å². The van der Waals surface area contributed by atoms with Crippen molar-refractivity contribution in [2.75, 3.05) is 13.7 Å². The third kappa shape index (κ3) is 2.79. The zero-order valence-electron chi connectivity index (χ0n) is 12.4. The normalized spacial score (nSPS) is 15.4. The van der Waals surface area contributed by atoms with Crippen LogP contribution in [-0.2, 0) is 16.2 Å². The molecule has 0 bridgehead atoms. The maximum atomic E-state index is 12.5. The molecule has 0 aliphatic carbocycles. The number of hydrogen-bond acceptors (Lipinski definition) is 3. The van der Waals surface area contributed by atoms with Crippen LogP contribution in [0.4, 0.5) is 0 Å². The fraction of sp³-hybridized carbons (Fsp3) is 0.167. The lowest BCUT2D eigenvalue weighted by Gasteiger charge is -2.18. The highest BCUT2D eigenvalue weighted by atomic mass is 16.7. The molecule has 0 saturated heterocycles. The van der Waals surface area contributed by atoms with E-state index in [9.17, 15) is 4.79 Å². The molecular formula is C18H17NO3. The van der Waals surface area contributed by atoms with E-state index in [4.69, 9.17) is 9.57 Å². The molecule has 2 aromatic carbocycles. The van der Waals surface area contributed by atoms with Gasteiger partial charge < -0.3 is 4.74 Å². The fourth-order valence-electron chi connectivity index (χ4n) is 2.42. The van der Waals surface area contributed by atoms with Gasteiger partial charge >= 0.3 is 0 Å². The van der Waals surface area contributed by atoms with Crippen molar-refractivity contribution in [2.45, 2.75) is 6.61 Å². The van der Waals surface area contributed by atoms with Crippen LogP contribution in [0.5, 0.6) is 0 Å². The Morgan fingerprint density at radius 1 is 1.00 bits per heavy atom. The average molecular weight is 295 g/mol. The summed E-state index contributed by atoms with van der Waals surface area (Å²) in [5.74, 6) is -0.145. The molecule has 1 amide bonds. The number of hydrogen-bond donors (Lipinski definition) is 0. The van der Waals surface area contributed by atoms with Gasteiger partial charge in [0, 0.05) is 12.7 Å². The van der Waals surface area contributed by atoms with Crippen molar-refractivity contribution in [3.63, 3.8) is 0 Å². The Balaban J connectivity index is 1.85. The van der Waals surface area contributed by atoms with Crippen LogP contribution in [-0.4, -0.2) is 24.7 Å². The first-order valence-electron chi connectivity index (χ1n) is 7.11. The van der Waals surface area contributed by atoms with Crippen LogP contribution < -0.4 is 0 Å². The zero-order valence-corrected chi connectivity index (χ0v) is 12.4. The van der Waals surface area contributed by atoms with Gasteiger partial charge in [0.2, 0.25) is 0 Å². The van der Waals surface area contributed by atoms with Crippen molar-refractivity contribution in [3.05, 3.63) is 77.4 Å². The molecule has 112 valence electrons. The van der Waals surface area contributed by atoms with Crippen LogP contribution in [0, 0.1) is 0 Å². The van der Waals surface area contributed by atoms with E-state index in [1.807, 2.05) is 60.7 Å². The first-order valence-corrected chi connectivity index (χ1v) is 7.11. The number of carbonyl (C=O) groups is 1. The Morgan fingerprint density at radius 2 is 1.68 bits per heavy atom. The summed E-state index contributed by atoms with van der Waals surface area (Å²) in [6.45, 7) is 0.757. The lowest BCUT2D eigenvalue weighted by Crippen LogP contribution is -2.23. The molecule has 0 atom stereocenters. The highest BCUT2D eigenvalue weighted by Gasteiger charge is 2.32. The third-order valence-corrected chi connectivity index (χ3v) is 3.48. The van der Waals surface area contributed by atoms with E-state index >= 15 is 0 Å². The van der Waals surface area contributed by atoms with Crippen molar-refractivity contribution in [2.24, 2.45) is 0 Å². The fourth-order valence-corrected chi connectivity index (χ4v) is 2.42. The summed E-state index contributed by atoms with van der Waals surface area (Å²) in [5, 5.41) is 1.36. The molecule has 0 spiro atoms. The van der Waals surface area contributed by atoms with Gasteiger partial charge in [-0.3, -0.25) is 9.63 Å². The van der Waals surface area contributed by atoms with Crippen molar-refractivity contribution < 1.29 is 14.4 Å². The predicted octanol–water partition coefficient (Wildman–Crippen LogP) is 3.26. The highest BCUT2D eigenvalue weighted by molar-refractivity contribution is 6.08. The van der Waals surface area contributed by atoms with E-state index < -0.39 is 0 Å². The number of methoxy groups -OCH3 is 1. The van der Waals surface area contributed by atoms with Gasteiger partial charge in [0.15, 0.2) is 0 Å². The summed E-state index contributed by atoms with van der Waals surface area (Å²) in [7, 11) is 1.62. The second kappa shape index (κ2) is 6.56. The van der Waals surface area contributed by atoms with Crippen LogP contribution in [0.15, 0.2) is 60.7 Å². The molecule has 0 fully saturated rings. The largest absolute Gasteiger partial charge is 0.381 e. The smallest absolute Gasteiger partial charge is 0.282 e. The number of carbonyl (C=O) groups excluding carboxylic acids is 1. The first kappa shape index (κ1) is 14.5. The Morgan fingerprint density at radius 3 is 2.41 bits per heavy atom. The number of ether oxygens (including phenoxy) is 1. The van der Waals surface area contributed by atoms with Crippen molar-refractivity contribution >= 4 is 11.6 Å². The molecular weight excluding hydrogens is 278 g/mol. The predicted molar refractivity (Wildman–Crippen MR) is 83.7 cm³/mol. The van der Waals surface area contributed by atoms with Crippen LogP contribution in [0.1, 0.15) is 21.5 Å². The molecule has 0 N–H and O–H groups in total. The summed E-state index contributed by atoms with van der Waals surface area (Å²) in [6.07, 6.45) is 1.86. The molecule has 4 heteroatoms. The van der Waals surface area contributed by atoms with Crippen LogP contribution in [0.3, 0.4) is 0 Å². The Hall–Kier alpha value is -2.43. The third-order valence-electron chi connectivity index (χ3n) is 3.48. The monoisotopic (exact) mass is 295 g/mol. The molecule has 4 nitrogen and oxygen atoms in total. The lowest BCUT2D eigenvalue weighted by atomic mass is 10.1. The molecule has 1 heterocycles. The van der Waals surface area contributed by atoms with Gasteiger partial charge in [0.1, 0.15) is 6.61 Å². The molecule has 3 rings (SSSR count).